The maximum Gasteiger partial charge on any atom is 0.261 e. The number of aryl methyl sites for hydroxylation is 1. The van der Waals surface area contributed by atoms with E-state index in [0.717, 1.165) is 33.6 Å². The van der Waals surface area contributed by atoms with Gasteiger partial charge in [-0.25, -0.2) is 0 Å². The molecule has 74 heavy (non-hydrogen) atoms. The minimum absolute atomic E-state index is 0.0248. The van der Waals surface area contributed by atoms with Crippen molar-refractivity contribution in [1.82, 2.24) is 21.3 Å². The Bertz CT molecular complexity index is 3130. The monoisotopic (exact) mass is 1000 g/mol. The summed E-state index contributed by atoms with van der Waals surface area (Å²) in [6, 6.07) is 27.8. The number of hydrogen-bond acceptors (Lipinski definition) is 14. The van der Waals surface area contributed by atoms with Gasteiger partial charge in [0.2, 0.25) is 29.3 Å². The van der Waals surface area contributed by atoms with Crippen molar-refractivity contribution in [3.8, 4) is 23.0 Å². The van der Waals surface area contributed by atoms with Crippen molar-refractivity contribution < 1.29 is 52.5 Å². The first-order chi connectivity index (χ1) is 35.9. The third kappa shape index (κ3) is 11.2. The Labute approximate surface area is 426 Å². The van der Waals surface area contributed by atoms with Gasteiger partial charge >= 0.3 is 0 Å². The quantitative estimate of drug-likeness (QED) is 0.0584. The number of carbonyl (C=O) groups excluding carboxylic acids is 7. The molecule has 19 nitrogen and oxygen atoms in total. The molecule has 19 heteroatoms. The summed E-state index contributed by atoms with van der Waals surface area (Å²) in [4.78, 5) is 101. The molecule has 9 rings (SSSR count). The zero-order valence-corrected chi connectivity index (χ0v) is 41.0. The number of carbonyl (C=O) groups is 7. The topological polar surface area (TPSA) is 236 Å². The summed E-state index contributed by atoms with van der Waals surface area (Å²) in [6.45, 7) is 0.681. The lowest BCUT2D eigenvalue weighted by molar-refractivity contribution is -0.136. The van der Waals surface area contributed by atoms with Gasteiger partial charge in [0.05, 0.1) is 74.5 Å². The number of anilines is 2. The van der Waals surface area contributed by atoms with Crippen LogP contribution in [0.3, 0.4) is 0 Å². The van der Waals surface area contributed by atoms with Gasteiger partial charge in [-0.05, 0) is 90.7 Å². The molecule has 2 atom stereocenters. The highest BCUT2D eigenvalue weighted by atomic mass is 16.5. The van der Waals surface area contributed by atoms with Crippen LogP contribution in [0.4, 0.5) is 22.7 Å². The molecule has 0 saturated heterocycles. The smallest absolute Gasteiger partial charge is 0.261 e. The lowest BCUT2D eigenvalue weighted by atomic mass is 10.1. The minimum atomic E-state index is -0.775. The maximum absolute atomic E-state index is 14.0. The van der Waals surface area contributed by atoms with Gasteiger partial charge in [-0.3, -0.25) is 53.3 Å². The summed E-state index contributed by atoms with van der Waals surface area (Å²) in [5.74, 6) is -1.75. The summed E-state index contributed by atoms with van der Waals surface area (Å²) >= 11 is 0. The van der Waals surface area contributed by atoms with Crippen molar-refractivity contribution in [2.45, 2.75) is 57.9 Å². The Balaban J connectivity index is 0.857. The average molecular weight is 1000 g/mol. The first-order valence-corrected chi connectivity index (χ1v) is 24.2. The Morgan fingerprint density at radius 3 is 1.73 bits per heavy atom. The van der Waals surface area contributed by atoms with Crippen LogP contribution in [-0.2, 0) is 50.0 Å². The van der Waals surface area contributed by atoms with Gasteiger partial charge in [0.25, 0.3) is 11.8 Å². The first kappa shape index (κ1) is 50.2. The number of rotatable bonds is 21. The van der Waals surface area contributed by atoms with Gasteiger partial charge in [-0.1, -0.05) is 36.4 Å². The molecule has 0 spiro atoms. The van der Waals surface area contributed by atoms with E-state index in [1.54, 1.807) is 34.2 Å². The van der Waals surface area contributed by atoms with Crippen molar-refractivity contribution in [3.05, 3.63) is 130 Å². The Morgan fingerprint density at radius 1 is 0.608 bits per heavy atom. The highest BCUT2D eigenvalue weighted by molar-refractivity contribution is 6.39. The molecule has 5 amide bonds. The lowest BCUT2D eigenvalue weighted by Gasteiger charge is -2.22. The van der Waals surface area contributed by atoms with Gasteiger partial charge in [0, 0.05) is 55.2 Å². The van der Waals surface area contributed by atoms with Crippen LogP contribution in [0.15, 0.2) is 101 Å². The van der Waals surface area contributed by atoms with E-state index in [1.165, 1.54) is 14.2 Å². The molecular weight excluding hydrogens is 949 g/mol. The van der Waals surface area contributed by atoms with Crippen LogP contribution in [0.5, 0.6) is 23.0 Å². The number of nitrogens with zero attached hydrogens (tertiary/aromatic N) is 4. The molecule has 0 unspecified atom stereocenters. The van der Waals surface area contributed by atoms with Crippen molar-refractivity contribution >= 4 is 76.3 Å². The SMILES string of the molecule is CNCC(=O)C(=O)CNC(=O)CNC(=O)CNC(=O)CCCOc1cc(COc2cc3c(cc2C)C(=O)N2c4ccccc4C[C@H]2C=N3)cc(COc2cc3c(cc2OC)C(=O)N2c4ccccc4C[C@H]2C=N3)c1. The molecule has 0 aromatic heterocycles. The van der Waals surface area contributed by atoms with Crippen molar-refractivity contribution in [2.24, 2.45) is 9.98 Å². The Morgan fingerprint density at radius 2 is 1.14 bits per heavy atom. The molecular formula is C55H54N8O11. The van der Waals surface area contributed by atoms with Crippen molar-refractivity contribution in [2.75, 3.05) is 56.7 Å². The first-order valence-electron chi connectivity index (χ1n) is 24.2. The number of fused-ring (bicyclic) bond motifs is 8. The van der Waals surface area contributed by atoms with E-state index < -0.39 is 42.4 Å². The lowest BCUT2D eigenvalue weighted by Crippen LogP contribution is -2.44. The number of para-hydroxylation sites is 2. The molecule has 4 aliphatic rings. The van der Waals surface area contributed by atoms with Crippen molar-refractivity contribution in [3.63, 3.8) is 0 Å². The molecule has 5 aromatic carbocycles. The van der Waals surface area contributed by atoms with Crippen LogP contribution in [0.25, 0.3) is 0 Å². The highest BCUT2D eigenvalue weighted by Gasteiger charge is 2.38. The van der Waals surface area contributed by atoms with Crippen LogP contribution in [0, 0.1) is 6.92 Å². The molecule has 0 fully saturated rings. The van der Waals surface area contributed by atoms with Gasteiger partial charge in [0.15, 0.2) is 11.5 Å². The normalized spacial score (nSPS) is 15.6. The zero-order valence-electron chi connectivity index (χ0n) is 41.0. The van der Waals surface area contributed by atoms with E-state index in [0.29, 0.717) is 63.9 Å². The number of ketones is 2. The predicted molar refractivity (Wildman–Crippen MR) is 275 cm³/mol. The summed E-state index contributed by atoms with van der Waals surface area (Å²) in [5, 5.41) is 9.70. The van der Waals surface area contributed by atoms with Crippen molar-refractivity contribution in [1.29, 1.82) is 0 Å². The number of hydrogen-bond donors (Lipinski definition) is 4. The molecule has 380 valence electrons. The summed E-state index contributed by atoms with van der Waals surface area (Å²) < 4.78 is 24.8. The zero-order chi connectivity index (χ0) is 51.9. The standard InChI is InChI=1S/C55H54N8O11/c1-32-15-40-42(57-24-37-19-35-9-4-6-11-44(35)62(37)54(40)69)22-48(32)73-30-33-16-34(18-39(17-33)72-14-8-13-51(66)60-28-53(68)61-29-52(67)59-27-47(65)46(64)26-56-2)31-74-50-23-43-41(21-49(50)71-3)55(70)63-38(25-58-43)20-36-10-5-7-12-45(36)63/h4-7,9-12,15-18,21-25,37-38,56H,8,13-14,19-20,26-31H2,1-3H3,(H,59,67)(H,60,66)(H,61,68)/t37-,38-/m0/s1. The fraction of sp³-hybridized carbons (Fsp3) is 0.291. The molecule has 0 aliphatic carbocycles. The number of nitrogens with one attached hydrogen (secondary N) is 4. The average Bonchev–Trinajstić information content (AvgIpc) is 3.90. The second-order valence-electron chi connectivity index (χ2n) is 18.1. The molecule has 5 aromatic rings. The number of likely N-dealkylation sites (N-methyl/N-ethyl adjacent to an activating group) is 1. The fourth-order valence-electron chi connectivity index (χ4n) is 9.22. The van der Waals surface area contributed by atoms with Crippen LogP contribution >= 0.6 is 0 Å². The third-order valence-corrected chi connectivity index (χ3v) is 12.9. The molecule has 0 saturated carbocycles. The van der Waals surface area contributed by atoms with E-state index in [4.69, 9.17) is 28.9 Å². The fourth-order valence-corrected chi connectivity index (χ4v) is 9.22. The number of methoxy groups -OCH3 is 1. The second-order valence-corrected chi connectivity index (χ2v) is 18.1. The number of Topliss-reactive ketones (excluding diaryl/α,β-unsaturated/α-hetero) is 2. The molecule has 4 heterocycles. The summed E-state index contributed by atoms with van der Waals surface area (Å²) in [7, 11) is 3.02. The van der Waals surface area contributed by atoms with E-state index in [1.807, 2.05) is 85.9 Å². The van der Waals surface area contributed by atoms with Crippen LogP contribution in [-0.4, -0.2) is 113 Å². The number of amides is 5. The molecule has 4 aliphatic heterocycles. The van der Waals surface area contributed by atoms with Crippen LogP contribution in [0.1, 0.15) is 61.4 Å². The molecule has 0 bridgehead atoms. The minimum Gasteiger partial charge on any atom is -0.494 e. The Kier molecular flexibility index (Phi) is 15.2. The van der Waals surface area contributed by atoms with Crippen LogP contribution in [0.2, 0.25) is 0 Å². The summed E-state index contributed by atoms with van der Waals surface area (Å²) in [5.41, 5.74) is 7.93. The molecule has 4 N–H and O–H groups in total. The second kappa shape index (κ2) is 22.4. The van der Waals surface area contributed by atoms with E-state index in [2.05, 4.69) is 21.3 Å². The van der Waals surface area contributed by atoms with Gasteiger partial charge < -0.3 is 40.2 Å². The number of benzene rings is 5. The summed E-state index contributed by atoms with van der Waals surface area (Å²) in [6.07, 6.45) is 5.26. The highest BCUT2D eigenvalue weighted by Crippen LogP contribution is 2.42. The predicted octanol–water partition coefficient (Wildman–Crippen LogP) is 4.60. The van der Waals surface area contributed by atoms with E-state index in [9.17, 15) is 33.6 Å². The number of ether oxygens (including phenoxy) is 4. The van der Waals surface area contributed by atoms with Gasteiger partial charge in [-0.15, -0.1) is 0 Å². The largest absolute Gasteiger partial charge is 0.494 e. The maximum atomic E-state index is 14.0. The van der Waals surface area contributed by atoms with Gasteiger partial charge in [-0.2, -0.15) is 0 Å². The van der Waals surface area contributed by atoms with E-state index >= 15 is 0 Å². The molecule has 0 radical (unpaired) electrons. The third-order valence-electron chi connectivity index (χ3n) is 12.9. The van der Waals surface area contributed by atoms with E-state index in [-0.39, 0.29) is 69.6 Å². The number of aliphatic imine (C=N–C) groups is 2. The van der Waals surface area contributed by atoms with Gasteiger partial charge in [0.1, 0.15) is 24.7 Å². The Hall–Kier alpha value is -8.71. The van der Waals surface area contributed by atoms with Crippen LogP contribution < -0.4 is 50.0 Å².